The summed E-state index contributed by atoms with van der Waals surface area (Å²) in [5.74, 6) is -0.499. The van der Waals surface area contributed by atoms with Gasteiger partial charge in [-0.25, -0.2) is 8.42 Å². The number of rotatable bonds is 13. The van der Waals surface area contributed by atoms with E-state index in [1.807, 2.05) is 20.8 Å². The summed E-state index contributed by atoms with van der Waals surface area (Å²) in [4.78, 5) is 28.2. The second-order valence-electron chi connectivity index (χ2n) is 9.33. The topological polar surface area (TPSA) is 86.8 Å². The largest absolute Gasteiger partial charge is 0.352 e. The first-order chi connectivity index (χ1) is 17.8. The lowest BCUT2D eigenvalue weighted by atomic mass is 10.1. The minimum Gasteiger partial charge on any atom is -0.352 e. The van der Waals surface area contributed by atoms with E-state index in [9.17, 15) is 18.0 Å². The Balaban J connectivity index is 2.29. The van der Waals surface area contributed by atoms with E-state index in [0.29, 0.717) is 32.7 Å². The number of anilines is 1. The summed E-state index contributed by atoms with van der Waals surface area (Å²) in [5.41, 5.74) is 1.84. The minimum atomic E-state index is -3.63. The van der Waals surface area contributed by atoms with Crippen molar-refractivity contribution >= 4 is 62.3 Å². The fourth-order valence-corrected chi connectivity index (χ4v) is 5.55. The molecule has 2 rings (SSSR count). The molecule has 2 aromatic rings. The molecule has 0 radical (unpaired) electrons. The van der Waals surface area contributed by atoms with E-state index in [4.69, 9.17) is 34.8 Å². The third-order valence-electron chi connectivity index (χ3n) is 6.38. The number of halogens is 3. The molecule has 210 valence electrons. The summed E-state index contributed by atoms with van der Waals surface area (Å²) in [6.07, 6.45) is 2.58. The molecular formula is C27H36Cl3N3O4S. The van der Waals surface area contributed by atoms with Gasteiger partial charge in [0.15, 0.2) is 0 Å². The molecule has 0 aliphatic rings. The Morgan fingerprint density at radius 2 is 1.68 bits per heavy atom. The molecule has 2 atom stereocenters. The lowest BCUT2D eigenvalue weighted by Gasteiger charge is -2.32. The van der Waals surface area contributed by atoms with E-state index < -0.39 is 16.1 Å². The smallest absolute Gasteiger partial charge is 0.243 e. The van der Waals surface area contributed by atoms with Gasteiger partial charge in [-0.3, -0.25) is 13.9 Å². The standard InChI is InChI=1S/C27H36Cl3N3O4S/c1-6-18(3)31-27(35)24(7-2)32(17-20-13-14-22(29)23(30)16-20)26(34)12-9-15-33(38(5,36)37)25-11-8-10-21(28)19(25)4/h8,10-11,13-14,16,18,24H,6-7,9,12,15,17H2,1-5H3,(H,31,35)/t18-,24+/m0/s1. The molecule has 0 unspecified atom stereocenters. The van der Waals surface area contributed by atoms with Crippen molar-refractivity contribution in [2.24, 2.45) is 0 Å². The summed E-state index contributed by atoms with van der Waals surface area (Å²) in [6, 6.07) is 9.43. The summed E-state index contributed by atoms with van der Waals surface area (Å²) in [6.45, 7) is 7.73. The Hall–Kier alpha value is -2.00. The van der Waals surface area contributed by atoms with Crippen LogP contribution in [0.5, 0.6) is 0 Å². The molecule has 0 aromatic heterocycles. The van der Waals surface area contributed by atoms with Crippen LogP contribution in [-0.4, -0.2) is 50.0 Å². The van der Waals surface area contributed by atoms with Crippen LogP contribution >= 0.6 is 34.8 Å². The summed E-state index contributed by atoms with van der Waals surface area (Å²) in [5, 5.41) is 4.18. The van der Waals surface area contributed by atoms with Crippen molar-refractivity contribution in [3.63, 3.8) is 0 Å². The van der Waals surface area contributed by atoms with Gasteiger partial charge in [-0.05, 0) is 68.5 Å². The molecule has 0 fully saturated rings. The number of nitrogens with one attached hydrogen (secondary N) is 1. The van der Waals surface area contributed by atoms with Gasteiger partial charge < -0.3 is 10.2 Å². The number of carbonyl (C=O) groups is 2. The first-order valence-electron chi connectivity index (χ1n) is 12.6. The number of hydrogen-bond acceptors (Lipinski definition) is 4. The van der Waals surface area contributed by atoms with Gasteiger partial charge in [0.2, 0.25) is 21.8 Å². The number of nitrogens with zero attached hydrogens (tertiary/aromatic N) is 2. The van der Waals surface area contributed by atoms with Crippen molar-refractivity contribution < 1.29 is 18.0 Å². The highest BCUT2D eigenvalue weighted by Gasteiger charge is 2.29. The normalized spacial score (nSPS) is 13.1. The van der Waals surface area contributed by atoms with E-state index in [1.54, 1.807) is 43.3 Å². The van der Waals surface area contributed by atoms with E-state index in [0.717, 1.165) is 18.2 Å². The Kier molecular flexibility index (Phi) is 12.2. The Bertz CT molecular complexity index is 1240. The van der Waals surface area contributed by atoms with Crippen LogP contribution in [0.15, 0.2) is 36.4 Å². The van der Waals surface area contributed by atoms with Gasteiger partial charge in [-0.1, -0.05) is 60.8 Å². The second kappa shape index (κ2) is 14.4. The third kappa shape index (κ3) is 8.76. The number of carbonyl (C=O) groups excluding carboxylic acids is 2. The molecule has 0 aliphatic carbocycles. The monoisotopic (exact) mass is 603 g/mol. The van der Waals surface area contributed by atoms with Crippen LogP contribution in [0.3, 0.4) is 0 Å². The molecule has 38 heavy (non-hydrogen) atoms. The predicted octanol–water partition coefficient (Wildman–Crippen LogP) is 6.22. The van der Waals surface area contributed by atoms with E-state index in [2.05, 4.69) is 5.32 Å². The molecule has 1 N–H and O–H groups in total. The van der Waals surface area contributed by atoms with Gasteiger partial charge in [0, 0.05) is 30.6 Å². The fourth-order valence-electron chi connectivity index (χ4n) is 4.04. The SMILES string of the molecule is CC[C@H](C(=O)N[C@@H](C)CC)N(Cc1ccc(Cl)c(Cl)c1)C(=O)CCCN(c1cccc(Cl)c1C)S(C)(=O)=O. The van der Waals surface area contributed by atoms with Crippen molar-refractivity contribution in [2.75, 3.05) is 17.1 Å². The number of hydrogen-bond donors (Lipinski definition) is 1. The molecule has 0 saturated carbocycles. The third-order valence-corrected chi connectivity index (χ3v) is 8.71. The second-order valence-corrected chi connectivity index (χ2v) is 12.5. The van der Waals surface area contributed by atoms with Gasteiger partial charge >= 0.3 is 0 Å². The molecule has 0 bridgehead atoms. The lowest BCUT2D eigenvalue weighted by Crippen LogP contribution is -2.50. The molecule has 0 spiro atoms. The first kappa shape index (κ1) is 32.2. The zero-order valence-corrected chi connectivity index (χ0v) is 25.5. The van der Waals surface area contributed by atoms with Gasteiger partial charge in [-0.15, -0.1) is 0 Å². The molecule has 0 saturated heterocycles. The predicted molar refractivity (Wildman–Crippen MR) is 157 cm³/mol. The Morgan fingerprint density at radius 1 is 1.00 bits per heavy atom. The highest BCUT2D eigenvalue weighted by atomic mass is 35.5. The van der Waals surface area contributed by atoms with Gasteiger partial charge in [0.1, 0.15) is 6.04 Å². The van der Waals surface area contributed by atoms with Gasteiger partial charge in [0.05, 0.1) is 22.0 Å². The highest BCUT2D eigenvalue weighted by molar-refractivity contribution is 7.92. The van der Waals surface area contributed by atoms with E-state index in [1.165, 1.54) is 9.21 Å². The van der Waals surface area contributed by atoms with Crippen LogP contribution in [-0.2, 0) is 26.2 Å². The van der Waals surface area contributed by atoms with Gasteiger partial charge in [0.25, 0.3) is 0 Å². The highest BCUT2D eigenvalue weighted by Crippen LogP contribution is 2.29. The number of benzene rings is 2. The maximum atomic E-state index is 13.5. The van der Waals surface area contributed by atoms with Crippen molar-refractivity contribution in [1.82, 2.24) is 10.2 Å². The van der Waals surface area contributed by atoms with Gasteiger partial charge in [-0.2, -0.15) is 0 Å². The van der Waals surface area contributed by atoms with Crippen LogP contribution in [0, 0.1) is 6.92 Å². The minimum absolute atomic E-state index is 0.0391. The van der Waals surface area contributed by atoms with Crippen molar-refractivity contribution in [3.05, 3.63) is 62.6 Å². The molecule has 2 amide bonds. The molecule has 2 aromatic carbocycles. The van der Waals surface area contributed by atoms with Crippen LogP contribution in [0.25, 0.3) is 0 Å². The van der Waals surface area contributed by atoms with E-state index in [-0.39, 0.29) is 43.8 Å². The van der Waals surface area contributed by atoms with Crippen LogP contribution in [0.4, 0.5) is 5.69 Å². The van der Waals surface area contributed by atoms with Crippen LogP contribution in [0.2, 0.25) is 15.1 Å². The summed E-state index contributed by atoms with van der Waals surface area (Å²) in [7, 11) is -3.63. The zero-order valence-electron chi connectivity index (χ0n) is 22.4. The Labute approximate surface area is 241 Å². The molecule has 0 aliphatic heterocycles. The zero-order chi connectivity index (χ0) is 28.6. The quantitative estimate of drug-likeness (QED) is 0.294. The lowest BCUT2D eigenvalue weighted by molar-refractivity contribution is -0.141. The molecular weight excluding hydrogens is 569 g/mol. The number of sulfonamides is 1. The average molecular weight is 605 g/mol. The summed E-state index contributed by atoms with van der Waals surface area (Å²) < 4.78 is 26.4. The van der Waals surface area contributed by atoms with Crippen molar-refractivity contribution in [1.29, 1.82) is 0 Å². The summed E-state index contributed by atoms with van der Waals surface area (Å²) >= 11 is 18.5. The average Bonchev–Trinajstić information content (AvgIpc) is 2.85. The van der Waals surface area contributed by atoms with E-state index >= 15 is 0 Å². The van der Waals surface area contributed by atoms with Crippen molar-refractivity contribution in [3.8, 4) is 0 Å². The number of amides is 2. The molecule has 7 nitrogen and oxygen atoms in total. The van der Waals surface area contributed by atoms with Crippen LogP contribution < -0.4 is 9.62 Å². The van der Waals surface area contributed by atoms with Crippen LogP contribution in [0.1, 0.15) is 57.6 Å². The van der Waals surface area contributed by atoms with Crippen molar-refractivity contribution in [2.45, 2.75) is 72.0 Å². The molecule has 0 heterocycles. The Morgan fingerprint density at radius 3 is 2.26 bits per heavy atom. The molecule has 11 heteroatoms. The maximum Gasteiger partial charge on any atom is 0.243 e. The fraction of sp³-hybridized carbons (Fsp3) is 0.481. The maximum absolute atomic E-state index is 13.5. The first-order valence-corrected chi connectivity index (χ1v) is 15.5.